The Morgan fingerprint density at radius 1 is 1.26 bits per heavy atom. The van der Waals surface area contributed by atoms with Crippen LogP contribution < -0.4 is 0 Å². The van der Waals surface area contributed by atoms with E-state index in [0.29, 0.717) is 22.3 Å². The number of benzene rings is 1. The Labute approximate surface area is 138 Å². The van der Waals surface area contributed by atoms with E-state index in [1.807, 2.05) is 10.5 Å². The quantitative estimate of drug-likeness (QED) is 0.729. The predicted octanol–water partition coefficient (Wildman–Crippen LogP) is 3.33. The summed E-state index contributed by atoms with van der Waals surface area (Å²) in [6, 6.07) is 6.74. The summed E-state index contributed by atoms with van der Waals surface area (Å²) in [6.07, 6.45) is 6.92. The molecular formula is C16H14ClN3O2S. The van der Waals surface area contributed by atoms with Gasteiger partial charge >= 0.3 is 0 Å². The number of imidazole rings is 1. The predicted molar refractivity (Wildman–Crippen MR) is 88.5 cm³/mol. The second kappa shape index (κ2) is 5.04. The van der Waals surface area contributed by atoms with Gasteiger partial charge in [-0.05, 0) is 37.1 Å². The first-order valence-corrected chi connectivity index (χ1v) is 9.54. The van der Waals surface area contributed by atoms with E-state index in [1.165, 1.54) is 12.3 Å². The fraction of sp³-hybridized carbons (Fsp3) is 0.250. The Morgan fingerprint density at radius 2 is 2.04 bits per heavy atom. The zero-order valence-electron chi connectivity index (χ0n) is 12.4. The van der Waals surface area contributed by atoms with Crippen LogP contribution in [0, 0.1) is 0 Å². The molecule has 1 aromatic carbocycles. The molecule has 0 saturated heterocycles. The van der Waals surface area contributed by atoms with Crippen molar-refractivity contribution in [3.05, 3.63) is 47.4 Å². The van der Waals surface area contributed by atoms with Crippen molar-refractivity contribution in [1.29, 1.82) is 0 Å². The highest BCUT2D eigenvalue weighted by Gasteiger charge is 2.27. The standard InChI is InChI=1S/C16H14ClN3O2S/c1-23(21,22)11-4-5-13(17)12(8-11)15-9-14(10-2-3-10)19-16-18-6-7-20(15)16/h4-10H,2-3H2,1H3. The number of halogens is 1. The highest BCUT2D eigenvalue weighted by atomic mass is 35.5. The topological polar surface area (TPSA) is 64.3 Å². The average Bonchev–Trinajstić information content (AvgIpc) is 3.24. The SMILES string of the molecule is CS(=O)(=O)c1ccc(Cl)c(-c2cc(C3CC3)nc3nccn23)c1. The zero-order chi connectivity index (χ0) is 16.2. The summed E-state index contributed by atoms with van der Waals surface area (Å²) in [5.41, 5.74) is 2.46. The summed E-state index contributed by atoms with van der Waals surface area (Å²) in [6.45, 7) is 0. The highest BCUT2D eigenvalue weighted by molar-refractivity contribution is 7.90. The van der Waals surface area contributed by atoms with E-state index in [0.717, 1.165) is 24.2 Å². The molecule has 1 fully saturated rings. The molecule has 0 spiro atoms. The summed E-state index contributed by atoms with van der Waals surface area (Å²) >= 11 is 6.35. The van der Waals surface area contributed by atoms with Gasteiger partial charge in [-0.1, -0.05) is 11.6 Å². The lowest BCUT2D eigenvalue weighted by Gasteiger charge is -2.11. The number of hydrogen-bond donors (Lipinski definition) is 0. The van der Waals surface area contributed by atoms with Gasteiger partial charge in [0, 0.05) is 40.8 Å². The van der Waals surface area contributed by atoms with Crippen LogP contribution >= 0.6 is 11.6 Å². The van der Waals surface area contributed by atoms with Gasteiger partial charge in [0.2, 0.25) is 5.78 Å². The summed E-state index contributed by atoms with van der Waals surface area (Å²) in [5, 5.41) is 0.500. The summed E-state index contributed by atoms with van der Waals surface area (Å²) in [5.74, 6) is 1.07. The molecule has 0 N–H and O–H groups in total. The lowest BCUT2D eigenvalue weighted by atomic mass is 10.1. The number of aromatic nitrogens is 3. The molecule has 4 rings (SSSR count). The fourth-order valence-electron chi connectivity index (χ4n) is 2.65. The minimum absolute atomic E-state index is 0.245. The van der Waals surface area contributed by atoms with Crippen LogP contribution in [0.4, 0.5) is 0 Å². The molecule has 0 bridgehead atoms. The maximum atomic E-state index is 11.9. The van der Waals surface area contributed by atoms with Crippen LogP contribution in [0.25, 0.3) is 17.0 Å². The monoisotopic (exact) mass is 347 g/mol. The van der Waals surface area contributed by atoms with Gasteiger partial charge in [0.25, 0.3) is 0 Å². The molecule has 0 unspecified atom stereocenters. The Hall–Kier alpha value is -1.92. The fourth-order valence-corrected chi connectivity index (χ4v) is 3.51. The summed E-state index contributed by atoms with van der Waals surface area (Å²) in [4.78, 5) is 9.09. The normalized spacial score (nSPS) is 15.2. The van der Waals surface area contributed by atoms with E-state index < -0.39 is 9.84 Å². The van der Waals surface area contributed by atoms with Gasteiger partial charge in [-0.3, -0.25) is 4.40 Å². The molecule has 1 saturated carbocycles. The molecular weight excluding hydrogens is 334 g/mol. The van der Waals surface area contributed by atoms with Crippen LogP contribution in [-0.2, 0) is 9.84 Å². The minimum Gasteiger partial charge on any atom is -0.284 e. The van der Waals surface area contributed by atoms with Crippen molar-refractivity contribution in [1.82, 2.24) is 14.4 Å². The first kappa shape index (κ1) is 14.7. The third-order valence-electron chi connectivity index (χ3n) is 4.03. The van der Waals surface area contributed by atoms with E-state index in [-0.39, 0.29) is 4.90 Å². The second-order valence-corrected chi connectivity index (χ2v) is 8.27. The molecule has 2 aromatic heterocycles. The van der Waals surface area contributed by atoms with E-state index in [4.69, 9.17) is 11.6 Å². The van der Waals surface area contributed by atoms with Crippen LogP contribution in [0.1, 0.15) is 24.5 Å². The summed E-state index contributed by atoms with van der Waals surface area (Å²) in [7, 11) is -3.30. The van der Waals surface area contributed by atoms with Crippen LogP contribution in [-0.4, -0.2) is 29.0 Å². The maximum absolute atomic E-state index is 11.9. The van der Waals surface area contributed by atoms with Crippen molar-refractivity contribution in [3.63, 3.8) is 0 Å². The van der Waals surface area contributed by atoms with Crippen molar-refractivity contribution in [2.75, 3.05) is 6.26 Å². The third kappa shape index (κ3) is 2.62. The van der Waals surface area contributed by atoms with Gasteiger partial charge in [-0.25, -0.2) is 18.4 Å². The highest BCUT2D eigenvalue weighted by Crippen LogP contribution is 2.41. The molecule has 118 valence electrons. The van der Waals surface area contributed by atoms with Gasteiger partial charge in [0.05, 0.1) is 10.6 Å². The molecule has 0 amide bonds. The van der Waals surface area contributed by atoms with Gasteiger partial charge in [-0.15, -0.1) is 0 Å². The van der Waals surface area contributed by atoms with Crippen LogP contribution in [0.15, 0.2) is 41.6 Å². The Morgan fingerprint density at radius 3 is 2.74 bits per heavy atom. The Balaban J connectivity index is 2.00. The second-order valence-electron chi connectivity index (χ2n) is 5.85. The summed E-state index contributed by atoms with van der Waals surface area (Å²) < 4.78 is 25.5. The van der Waals surface area contributed by atoms with Gasteiger partial charge in [0.1, 0.15) is 0 Å². The number of hydrogen-bond acceptors (Lipinski definition) is 4. The van der Waals surface area contributed by atoms with Crippen LogP contribution in [0.2, 0.25) is 5.02 Å². The van der Waals surface area contributed by atoms with E-state index >= 15 is 0 Å². The molecule has 23 heavy (non-hydrogen) atoms. The number of fused-ring (bicyclic) bond motifs is 1. The largest absolute Gasteiger partial charge is 0.284 e. The van der Waals surface area contributed by atoms with E-state index in [2.05, 4.69) is 9.97 Å². The van der Waals surface area contributed by atoms with Crippen molar-refractivity contribution in [2.24, 2.45) is 0 Å². The number of rotatable bonds is 3. The smallest absolute Gasteiger partial charge is 0.234 e. The van der Waals surface area contributed by atoms with Crippen LogP contribution in [0.3, 0.4) is 0 Å². The Kier molecular flexibility index (Phi) is 3.21. The molecule has 0 atom stereocenters. The molecule has 0 radical (unpaired) electrons. The lowest BCUT2D eigenvalue weighted by molar-refractivity contribution is 0.602. The van der Waals surface area contributed by atoms with Crippen molar-refractivity contribution in [2.45, 2.75) is 23.7 Å². The molecule has 1 aliphatic rings. The van der Waals surface area contributed by atoms with Crippen molar-refractivity contribution in [3.8, 4) is 11.3 Å². The zero-order valence-corrected chi connectivity index (χ0v) is 14.0. The number of sulfone groups is 1. The van der Waals surface area contributed by atoms with Crippen LogP contribution in [0.5, 0.6) is 0 Å². The lowest BCUT2D eigenvalue weighted by Crippen LogP contribution is -2.01. The van der Waals surface area contributed by atoms with E-state index in [9.17, 15) is 8.42 Å². The average molecular weight is 348 g/mol. The molecule has 0 aliphatic heterocycles. The minimum atomic E-state index is -3.30. The third-order valence-corrected chi connectivity index (χ3v) is 5.47. The molecule has 3 aromatic rings. The van der Waals surface area contributed by atoms with Gasteiger partial charge in [0.15, 0.2) is 9.84 Å². The molecule has 1 aliphatic carbocycles. The van der Waals surface area contributed by atoms with Gasteiger partial charge < -0.3 is 0 Å². The van der Waals surface area contributed by atoms with E-state index in [1.54, 1.807) is 24.5 Å². The number of nitrogens with zero attached hydrogens (tertiary/aromatic N) is 3. The van der Waals surface area contributed by atoms with Crippen molar-refractivity contribution >= 4 is 27.2 Å². The first-order valence-electron chi connectivity index (χ1n) is 7.27. The van der Waals surface area contributed by atoms with Gasteiger partial charge in [-0.2, -0.15) is 0 Å². The first-order chi connectivity index (χ1) is 10.9. The molecule has 2 heterocycles. The maximum Gasteiger partial charge on any atom is 0.234 e. The Bertz CT molecular complexity index is 1020. The van der Waals surface area contributed by atoms with Crippen molar-refractivity contribution < 1.29 is 8.42 Å². The molecule has 7 heteroatoms. The molecule has 5 nitrogen and oxygen atoms in total.